The molecule has 27 heavy (non-hydrogen) atoms. The van der Waals surface area contributed by atoms with Gasteiger partial charge in [-0.2, -0.15) is 0 Å². The van der Waals surface area contributed by atoms with Crippen LogP contribution in [0.5, 0.6) is 0 Å². The lowest BCUT2D eigenvalue weighted by atomic mass is 9.80. The summed E-state index contributed by atoms with van der Waals surface area (Å²) in [5.74, 6) is -0.151. The Morgan fingerprint density at radius 3 is 2.93 bits per heavy atom. The molecule has 3 aromatic rings. The van der Waals surface area contributed by atoms with Crippen LogP contribution >= 0.6 is 22.9 Å². The van der Waals surface area contributed by atoms with Crippen LogP contribution in [-0.4, -0.2) is 39.9 Å². The number of methoxy groups -OCH3 is 1. The maximum Gasteiger partial charge on any atom is 0.166 e. The molecule has 4 N–H and O–H groups in total. The predicted molar refractivity (Wildman–Crippen MR) is 102 cm³/mol. The first-order chi connectivity index (χ1) is 13.1. The van der Waals surface area contributed by atoms with Crippen LogP contribution in [0, 0.1) is 5.41 Å². The molecule has 4 rings (SSSR count). The van der Waals surface area contributed by atoms with E-state index in [1.165, 1.54) is 11.3 Å². The molecule has 1 saturated carbocycles. The highest BCUT2D eigenvalue weighted by molar-refractivity contribution is 7.15. The molecule has 1 aliphatic carbocycles. The fourth-order valence-corrected chi connectivity index (χ4v) is 4.68. The van der Waals surface area contributed by atoms with Gasteiger partial charge in [0.1, 0.15) is 23.0 Å². The van der Waals surface area contributed by atoms with Crippen molar-refractivity contribution in [1.29, 1.82) is 5.41 Å². The minimum absolute atomic E-state index is 0.151. The van der Waals surface area contributed by atoms with Crippen molar-refractivity contribution >= 4 is 39.8 Å². The quantitative estimate of drug-likeness (QED) is 0.214. The second-order valence-corrected chi connectivity index (χ2v) is 7.78. The SMILES string of the molecule is COCOC1(c2ncc(-c3c(Cl)cnc4[nH]c(C(=N)NO)cc34)s2)CCC1. The molecule has 0 radical (unpaired) electrons. The number of nitrogens with one attached hydrogen (secondary N) is 3. The third-order valence-electron chi connectivity index (χ3n) is 4.75. The van der Waals surface area contributed by atoms with E-state index >= 15 is 0 Å². The minimum Gasteiger partial charge on any atom is -0.359 e. The number of hydrogen-bond donors (Lipinski definition) is 4. The van der Waals surface area contributed by atoms with Crippen molar-refractivity contribution in [2.75, 3.05) is 13.9 Å². The van der Waals surface area contributed by atoms with Crippen LogP contribution in [0.3, 0.4) is 0 Å². The fraction of sp³-hybridized carbons (Fsp3) is 0.353. The van der Waals surface area contributed by atoms with E-state index in [2.05, 4.69) is 15.0 Å². The van der Waals surface area contributed by atoms with Crippen molar-refractivity contribution in [2.24, 2.45) is 0 Å². The Morgan fingerprint density at radius 1 is 1.44 bits per heavy atom. The molecule has 3 aromatic heterocycles. The van der Waals surface area contributed by atoms with Crippen LogP contribution < -0.4 is 5.48 Å². The van der Waals surface area contributed by atoms with Gasteiger partial charge in [-0.05, 0) is 25.3 Å². The predicted octanol–water partition coefficient (Wildman–Crippen LogP) is 3.64. The lowest BCUT2D eigenvalue weighted by molar-refractivity contribution is -0.171. The van der Waals surface area contributed by atoms with Gasteiger partial charge < -0.3 is 14.5 Å². The van der Waals surface area contributed by atoms with Crippen LogP contribution in [0.1, 0.15) is 30.0 Å². The maximum absolute atomic E-state index is 8.98. The van der Waals surface area contributed by atoms with E-state index < -0.39 is 0 Å². The van der Waals surface area contributed by atoms with E-state index in [9.17, 15) is 0 Å². The van der Waals surface area contributed by atoms with E-state index in [1.54, 1.807) is 25.6 Å². The molecule has 0 aliphatic heterocycles. The van der Waals surface area contributed by atoms with Gasteiger partial charge in [-0.3, -0.25) is 16.1 Å². The van der Waals surface area contributed by atoms with Gasteiger partial charge in [-0.25, -0.2) is 9.97 Å². The molecule has 0 atom stereocenters. The van der Waals surface area contributed by atoms with Gasteiger partial charge in [0.2, 0.25) is 0 Å². The second-order valence-electron chi connectivity index (χ2n) is 6.34. The molecule has 142 valence electrons. The highest BCUT2D eigenvalue weighted by Crippen LogP contribution is 2.48. The smallest absolute Gasteiger partial charge is 0.166 e. The van der Waals surface area contributed by atoms with Crippen LogP contribution in [0.4, 0.5) is 0 Å². The fourth-order valence-electron chi connectivity index (χ4n) is 3.19. The topological polar surface area (TPSA) is 116 Å². The van der Waals surface area contributed by atoms with E-state index in [0.29, 0.717) is 16.4 Å². The van der Waals surface area contributed by atoms with E-state index in [4.69, 9.17) is 31.7 Å². The number of thiazole rings is 1. The summed E-state index contributed by atoms with van der Waals surface area (Å²) < 4.78 is 11.0. The third kappa shape index (κ3) is 3.11. The zero-order valence-electron chi connectivity index (χ0n) is 14.5. The highest BCUT2D eigenvalue weighted by atomic mass is 35.5. The molecule has 0 amide bonds. The number of amidine groups is 1. The van der Waals surface area contributed by atoms with Crippen molar-refractivity contribution in [3.8, 4) is 10.4 Å². The monoisotopic (exact) mass is 407 g/mol. The molecule has 3 heterocycles. The minimum atomic E-state index is -0.385. The number of hydrogen-bond acceptors (Lipinski definition) is 7. The van der Waals surface area contributed by atoms with E-state index in [1.807, 2.05) is 5.48 Å². The summed E-state index contributed by atoms with van der Waals surface area (Å²) in [7, 11) is 1.61. The lowest BCUT2D eigenvalue weighted by Gasteiger charge is -2.39. The highest BCUT2D eigenvalue weighted by Gasteiger charge is 2.42. The average molecular weight is 408 g/mol. The first-order valence-electron chi connectivity index (χ1n) is 8.34. The van der Waals surface area contributed by atoms with Gasteiger partial charge in [0.25, 0.3) is 0 Å². The van der Waals surface area contributed by atoms with Gasteiger partial charge in [-0.1, -0.05) is 11.6 Å². The molecule has 0 saturated heterocycles. The zero-order valence-corrected chi connectivity index (χ0v) is 16.1. The van der Waals surface area contributed by atoms with Crippen molar-refractivity contribution in [3.05, 3.63) is 34.2 Å². The molecule has 10 heteroatoms. The number of hydroxylamine groups is 1. The summed E-state index contributed by atoms with van der Waals surface area (Å²) in [5, 5.41) is 18.9. The molecular formula is C17H18ClN5O3S. The van der Waals surface area contributed by atoms with E-state index in [-0.39, 0.29) is 18.2 Å². The van der Waals surface area contributed by atoms with Gasteiger partial charge in [0.15, 0.2) is 5.84 Å². The Labute approximate surface area is 164 Å². The Balaban J connectivity index is 1.77. The van der Waals surface area contributed by atoms with Crippen LogP contribution in [0.15, 0.2) is 18.5 Å². The Hall–Kier alpha value is -2.04. The largest absolute Gasteiger partial charge is 0.359 e. The molecule has 0 spiro atoms. The molecular weight excluding hydrogens is 390 g/mol. The normalized spacial score (nSPS) is 15.7. The molecule has 0 bridgehead atoms. The lowest BCUT2D eigenvalue weighted by Crippen LogP contribution is -2.37. The summed E-state index contributed by atoms with van der Waals surface area (Å²) in [6.07, 6.45) is 6.28. The number of ether oxygens (including phenoxy) is 2. The van der Waals surface area contributed by atoms with Crippen LogP contribution in [-0.2, 0) is 15.1 Å². The average Bonchev–Trinajstić information content (AvgIpc) is 3.28. The number of halogens is 1. The molecule has 0 aromatic carbocycles. The molecule has 1 aliphatic rings. The van der Waals surface area contributed by atoms with E-state index in [0.717, 1.165) is 40.1 Å². The number of aromatic nitrogens is 3. The first-order valence-corrected chi connectivity index (χ1v) is 9.53. The zero-order chi connectivity index (χ0) is 19.0. The van der Waals surface area contributed by atoms with Crippen molar-refractivity contribution in [1.82, 2.24) is 20.4 Å². The van der Waals surface area contributed by atoms with Crippen molar-refractivity contribution in [2.45, 2.75) is 24.9 Å². The van der Waals surface area contributed by atoms with Gasteiger partial charge in [0.05, 0.1) is 15.6 Å². The van der Waals surface area contributed by atoms with Gasteiger partial charge in [0, 0.05) is 30.5 Å². The number of aromatic amines is 1. The van der Waals surface area contributed by atoms with Gasteiger partial charge in [-0.15, -0.1) is 11.3 Å². The standard InChI is InChI=1S/C17H18ClN5O3S/c1-25-8-26-17(3-2-4-17)16-21-7-12(27-16)13-9-5-11(14(19)23-24)22-15(9)20-6-10(13)18/h5-7,24H,2-4,8H2,1H3,(H2,19,23)(H,20,22). The number of nitrogens with zero attached hydrogens (tertiary/aromatic N) is 2. The number of H-pyrrole nitrogens is 1. The number of pyridine rings is 1. The molecule has 0 unspecified atom stereocenters. The summed E-state index contributed by atoms with van der Waals surface area (Å²) >= 11 is 7.98. The van der Waals surface area contributed by atoms with Crippen LogP contribution in [0.2, 0.25) is 5.02 Å². The molecule has 8 nitrogen and oxygen atoms in total. The maximum atomic E-state index is 8.98. The summed E-state index contributed by atoms with van der Waals surface area (Å²) in [6, 6.07) is 1.73. The Morgan fingerprint density at radius 2 is 2.26 bits per heavy atom. The Kier molecular flexibility index (Phi) is 4.87. The first kappa shape index (κ1) is 18.3. The van der Waals surface area contributed by atoms with Crippen molar-refractivity contribution in [3.63, 3.8) is 0 Å². The third-order valence-corrected chi connectivity index (χ3v) is 6.24. The number of rotatable bonds is 6. The Bertz CT molecular complexity index is 998. The number of fused-ring (bicyclic) bond motifs is 1. The molecule has 1 fully saturated rings. The summed E-state index contributed by atoms with van der Waals surface area (Å²) in [5.41, 5.74) is 3.22. The van der Waals surface area contributed by atoms with Crippen LogP contribution in [0.25, 0.3) is 21.5 Å². The summed E-state index contributed by atoms with van der Waals surface area (Å²) in [4.78, 5) is 12.8. The second kappa shape index (κ2) is 7.17. The van der Waals surface area contributed by atoms with Crippen molar-refractivity contribution < 1.29 is 14.7 Å². The van der Waals surface area contributed by atoms with Gasteiger partial charge >= 0.3 is 0 Å². The summed E-state index contributed by atoms with van der Waals surface area (Å²) in [6.45, 7) is 0.229.